The molecule has 0 atom stereocenters. The van der Waals surface area contributed by atoms with Gasteiger partial charge in [0.2, 0.25) is 15.9 Å². The van der Waals surface area contributed by atoms with E-state index in [0.29, 0.717) is 23.5 Å². The summed E-state index contributed by atoms with van der Waals surface area (Å²) in [6.07, 6.45) is 7.36. The smallest absolute Gasteiger partial charge is 0.226 e. The molecule has 1 fully saturated rings. The molecule has 0 saturated carbocycles. The summed E-state index contributed by atoms with van der Waals surface area (Å²) in [6, 6.07) is 2.31. The predicted octanol–water partition coefficient (Wildman–Crippen LogP) is 2.18. The Morgan fingerprint density at radius 1 is 1.32 bits per heavy atom. The average molecular weight is 425 g/mol. The van der Waals surface area contributed by atoms with Gasteiger partial charge in [0.05, 0.1) is 11.8 Å². The third-order valence-electron chi connectivity index (χ3n) is 5.79. The molecule has 7 nitrogen and oxygen atoms in total. The fourth-order valence-corrected chi connectivity index (χ4v) is 6.01. The average Bonchev–Trinajstić information content (AvgIpc) is 3.02. The number of nitrogens with zero attached hydrogens (tertiary/aromatic N) is 3. The minimum atomic E-state index is -3.16. The van der Waals surface area contributed by atoms with Crippen LogP contribution in [0.4, 0.5) is 5.00 Å². The normalized spacial score (nSPS) is 18.6. The van der Waals surface area contributed by atoms with Crippen LogP contribution < -0.4 is 5.32 Å². The molecule has 9 heteroatoms. The molecule has 154 valence electrons. The van der Waals surface area contributed by atoms with Crippen molar-refractivity contribution >= 4 is 32.3 Å². The molecule has 0 bridgehead atoms. The van der Waals surface area contributed by atoms with Gasteiger partial charge in [-0.05, 0) is 57.2 Å². The van der Waals surface area contributed by atoms with Crippen LogP contribution in [0.1, 0.15) is 48.1 Å². The van der Waals surface area contributed by atoms with Crippen molar-refractivity contribution < 1.29 is 13.2 Å². The van der Waals surface area contributed by atoms with E-state index in [1.807, 2.05) is 0 Å². The Kier molecular flexibility index (Phi) is 6.76. The number of hydrogen-bond acceptors (Lipinski definition) is 6. The summed E-state index contributed by atoms with van der Waals surface area (Å²) < 4.78 is 24.8. The number of carbonyl (C=O) groups excluding carboxylic acids is 1. The molecular formula is C19H28N4O3S2. The minimum Gasteiger partial charge on any atom is -0.317 e. The van der Waals surface area contributed by atoms with Crippen LogP contribution in [0.5, 0.6) is 0 Å². The van der Waals surface area contributed by atoms with Crippen molar-refractivity contribution in [1.29, 1.82) is 5.26 Å². The van der Waals surface area contributed by atoms with E-state index in [0.717, 1.165) is 57.2 Å². The summed E-state index contributed by atoms with van der Waals surface area (Å²) in [4.78, 5) is 15.9. The highest BCUT2D eigenvalue weighted by atomic mass is 32.2. The second kappa shape index (κ2) is 8.91. The standard InChI is InChI=1S/C19H28N4O3S2/c1-22(28(2,25)26)14-7-10-23(11-8-14)12-9-18(24)21-19-16(13-20)15-5-3-4-6-17(15)27-19/h14H,3-12H2,1-2H3,(H,21,24). The van der Waals surface area contributed by atoms with Gasteiger partial charge in [-0.2, -0.15) is 5.26 Å². The van der Waals surface area contributed by atoms with E-state index < -0.39 is 10.0 Å². The van der Waals surface area contributed by atoms with Crippen molar-refractivity contribution in [3.63, 3.8) is 0 Å². The highest BCUT2D eigenvalue weighted by molar-refractivity contribution is 7.88. The van der Waals surface area contributed by atoms with Gasteiger partial charge >= 0.3 is 0 Å². The van der Waals surface area contributed by atoms with Gasteiger partial charge in [0, 0.05) is 30.9 Å². The Bertz CT molecular complexity index is 864. The van der Waals surface area contributed by atoms with E-state index in [-0.39, 0.29) is 11.9 Å². The number of anilines is 1. The highest BCUT2D eigenvalue weighted by Crippen LogP contribution is 2.37. The van der Waals surface area contributed by atoms with Gasteiger partial charge < -0.3 is 10.2 Å². The summed E-state index contributed by atoms with van der Waals surface area (Å²) in [5.74, 6) is -0.0644. The second-order valence-electron chi connectivity index (χ2n) is 7.68. The third-order valence-corrected chi connectivity index (χ3v) is 8.34. The van der Waals surface area contributed by atoms with E-state index >= 15 is 0 Å². The third kappa shape index (κ3) is 4.92. The first-order chi connectivity index (χ1) is 13.3. The lowest BCUT2D eigenvalue weighted by molar-refractivity contribution is -0.116. The van der Waals surface area contributed by atoms with Crippen molar-refractivity contribution in [1.82, 2.24) is 9.21 Å². The molecule has 2 heterocycles. The number of sulfonamides is 1. The Balaban J connectivity index is 1.48. The van der Waals surface area contributed by atoms with Gasteiger partial charge in [0.15, 0.2) is 0 Å². The largest absolute Gasteiger partial charge is 0.317 e. The van der Waals surface area contributed by atoms with Crippen LogP contribution in [-0.4, -0.2) is 62.5 Å². The molecule has 28 heavy (non-hydrogen) atoms. The topological polar surface area (TPSA) is 93.5 Å². The number of amides is 1. The monoisotopic (exact) mass is 424 g/mol. The summed E-state index contributed by atoms with van der Waals surface area (Å²) in [5, 5.41) is 13.1. The van der Waals surface area contributed by atoms with Gasteiger partial charge in [0.1, 0.15) is 11.1 Å². The fourth-order valence-electron chi connectivity index (χ4n) is 4.00. The molecule has 1 aromatic heterocycles. The molecule has 2 aliphatic rings. The van der Waals surface area contributed by atoms with Crippen LogP contribution in [-0.2, 0) is 27.7 Å². The number of aryl methyl sites for hydroxylation is 1. The zero-order valence-electron chi connectivity index (χ0n) is 16.5. The number of rotatable bonds is 6. The molecular weight excluding hydrogens is 396 g/mol. The first-order valence-corrected chi connectivity index (χ1v) is 12.5. The lowest BCUT2D eigenvalue weighted by Crippen LogP contribution is -2.45. The van der Waals surface area contributed by atoms with Crippen LogP contribution >= 0.6 is 11.3 Å². The Morgan fingerprint density at radius 2 is 2.00 bits per heavy atom. The lowest BCUT2D eigenvalue weighted by Gasteiger charge is -2.35. The number of likely N-dealkylation sites (tertiary alicyclic amines) is 1. The first kappa shape index (κ1) is 21.2. The number of carbonyl (C=O) groups is 1. The van der Waals surface area contributed by atoms with Crippen molar-refractivity contribution in [2.24, 2.45) is 0 Å². The molecule has 0 unspecified atom stereocenters. The summed E-state index contributed by atoms with van der Waals surface area (Å²) >= 11 is 1.55. The molecule has 0 radical (unpaired) electrons. The van der Waals surface area contributed by atoms with Gasteiger partial charge in [-0.3, -0.25) is 4.79 Å². The zero-order valence-corrected chi connectivity index (χ0v) is 18.2. The van der Waals surface area contributed by atoms with Gasteiger partial charge in [-0.1, -0.05) is 0 Å². The number of piperidine rings is 1. The quantitative estimate of drug-likeness (QED) is 0.755. The van der Waals surface area contributed by atoms with Crippen LogP contribution in [0.2, 0.25) is 0 Å². The van der Waals surface area contributed by atoms with Crippen LogP contribution in [0.25, 0.3) is 0 Å². The summed E-state index contributed by atoms with van der Waals surface area (Å²) in [7, 11) is -1.53. The van der Waals surface area contributed by atoms with Crippen molar-refractivity contribution in [2.75, 3.05) is 38.3 Å². The molecule has 1 amide bonds. The Hall–Kier alpha value is -1.47. The number of thiophene rings is 1. The zero-order chi connectivity index (χ0) is 20.3. The fraction of sp³-hybridized carbons (Fsp3) is 0.684. The minimum absolute atomic E-state index is 0.0377. The highest BCUT2D eigenvalue weighted by Gasteiger charge is 2.27. The van der Waals surface area contributed by atoms with E-state index in [1.54, 1.807) is 18.4 Å². The molecule has 0 aromatic carbocycles. The molecule has 1 aliphatic carbocycles. The molecule has 3 rings (SSSR count). The molecule has 1 N–H and O–H groups in total. The Morgan fingerprint density at radius 3 is 2.64 bits per heavy atom. The maximum atomic E-state index is 12.4. The van der Waals surface area contributed by atoms with Gasteiger partial charge in [0.25, 0.3) is 0 Å². The number of nitriles is 1. The molecule has 1 aliphatic heterocycles. The Labute approximate surface area is 171 Å². The van der Waals surface area contributed by atoms with Crippen molar-refractivity contribution in [3.8, 4) is 6.07 Å². The van der Waals surface area contributed by atoms with Crippen LogP contribution in [0.3, 0.4) is 0 Å². The van der Waals surface area contributed by atoms with Crippen LogP contribution in [0.15, 0.2) is 0 Å². The van der Waals surface area contributed by atoms with Crippen LogP contribution in [0, 0.1) is 11.3 Å². The molecule has 1 aromatic rings. The first-order valence-electron chi connectivity index (χ1n) is 9.79. The number of nitrogens with one attached hydrogen (secondary N) is 1. The number of hydrogen-bond donors (Lipinski definition) is 1. The van der Waals surface area contributed by atoms with Crippen molar-refractivity contribution in [2.45, 2.75) is 51.0 Å². The molecule has 0 spiro atoms. The van der Waals surface area contributed by atoms with Gasteiger partial charge in [-0.25, -0.2) is 12.7 Å². The second-order valence-corrected chi connectivity index (χ2v) is 10.8. The van der Waals surface area contributed by atoms with E-state index in [9.17, 15) is 18.5 Å². The lowest BCUT2D eigenvalue weighted by atomic mass is 9.96. The SMILES string of the molecule is CN(C1CCN(CCC(=O)Nc2sc3c(c2C#N)CCCC3)CC1)S(C)(=O)=O. The van der Waals surface area contributed by atoms with E-state index in [2.05, 4.69) is 16.3 Å². The van der Waals surface area contributed by atoms with E-state index in [1.165, 1.54) is 15.4 Å². The maximum Gasteiger partial charge on any atom is 0.226 e. The van der Waals surface area contributed by atoms with Gasteiger partial charge in [-0.15, -0.1) is 11.3 Å². The predicted molar refractivity (Wildman–Crippen MR) is 111 cm³/mol. The van der Waals surface area contributed by atoms with E-state index in [4.69, 9.17) is 0 Å². The number of fused-ring (bicyclic) bond motifs is 1. The molecule has 1 saturated heterocycles. The van der Waals surface area contributed by atoms with Crippen molar-refractivity contribution in [3.05, 3.63) is 16.0 Å². The summed E-state index contributed by atoms with van der Waals surface area (Å²) in [6.45, 7) is 2.22. The summed E-state index contributed by atoms with van der Waals surface area (Å²) in [5.41, 5.74) is 1.78. The maximum absolute atomic E-state index is 12.4.